The fourth-order valence-corrected chi connectivity index (χ4v) is 3.39. The zero-order valence-electron chi connectivity index (χ0n) is 12.0. The third-order valence-corrected chi connectivity index (χ3v) is 5.15. The zero-order chi connectivity index (χ0) is 16.3. The van der Waals surface area contributed by atoms with Crippen molar-refractivity contribution in [3.05, 3.63) is 77.4 Å². The first-order valence-electron chi connectivity index (χ1n) is 6.84. The van der Waals surface area contributed by atoms with E-state index in [2.05, 4.69) is 25.6 Å². The van der Waals surface area contributed by atoms with Gasteiger partial charge in [-0.25, -0.2) is 8.42 Å². The maximum absolute atomic E-state index is 12.3. The maximum Gasteiger partial charge on any atom is 0.261 e. The summed E-state index contributed by atoms with van der Waals surface area (Å²) in [5.74, 6) is 0. The summed E-state index contributed by atoms with van der Waals surface area (Å²) in [5, 5.41) is 0. The third-order valence-electron chi connectivity index (χ3n) is 3.22. The van der Waals surface area contributed by atoms with Crippen molar-refractivity contribution in [3.8, 4) is 11.3 Å². The van der Waals surface area contributed by atoms with Crippen LogP contribution >= 0.6 is 15.9 Å². The van der Waals surface area contributed by atoms with Gasteiger partial charge in [-0.15, -0.1) is 0 Å². The van der Waals surface area contributed by atoms with Crippen molar-refractivity contribution in [2.24, 2.45) is 0 Å². The summed E-state index contributed by atoms with van der Waals surface area (Å²) in [6.07, 6.45) is 1.72. The average Bonchev–Trinajstić information content (AvgIpc) is 2.56. The smallest absolute Gasteiger partial charge is 0.261 e. The molecule has 3 rings (SSSR count). The van der Waals surface area contributed by atoms with E-state index in [1.165, 1.54) is 0 Å². The number of aromatic nitrogens is 1. The molecule has 0 aliphatic carbocycles. The van der Waals surface area contributed by atoms with Crippen LogP contribution in [-0.4, -0.2) is 13.4 Å². The predicted octanol–water partition coefficient (Wildman–Crippen LogP) is 4.31. The Morgan fingerprint density at radius 3 is 2.17 bits per heavy atom. The molecule has 4 nitrogen and oxygen atoms in total. The highest BCUT2D eigenvalue weighted by atomic mass is 79.9. The molecule has 6 heteroatoms. The number of nitrogens with zero attached hydrogens (tertiary/aromatic N) is 1. The second-order valence-corrected chi connectivity index (χ2v) is 7.45. The van der Waals surface area contributed by atoms with Crippen LogP contribution in [-0.2, 0) is 10.0 Å². The van der Waals surface area contributed by atoms with Crippen LogP contribution in [0.15, 0.2) is 82.3 Å². The molecule has 23 heavy (non-hydrogen) atoms. The summed E-state index contributed by atoms with van der Waals surface area (Å²) < 4.78 is 28.1. The van der Waals surface area contributed by atoms with Gasteiger partial charge >= 0.3 is 0 Å². The van der Waals surface area contributed by atoms with Crippen molar-refractivity contribution in [1.82, 2.24) is 4.98 Å². The molecule has 0 bridgehead atoms. The Labute approximate surface area is 143 Å². The summed E-state index contributed by atoms with van der Waals surface area (Å²) in [5.41, 5.74) is 2.28. The molecule has 0 amide bonds. The summed E-state index contributed by atoms with van der Waals surface area (Å²) in [7, 11) is -3.59. The van der Waals surface area contributed by atoms with E-state index in [0.29, 0.717) is 5.69 Å². The van der Waals surface area contributed by atoms with Gasteiger partial charge in [-0.2, -0.15) is 0 Å². The van der Waals surface area contributed by atoms with E-state index in [4.69, 9.17) is 0 Å². The second kappa shape index (κ2) is 6.52. The van der Waals surface area contributed by atoms with Gasteiger partial charge < -0.3 is 0 Å². The molecule has 0 radical (unpaired) electrons. The van der Waals surface area contributed by atoms with Gasteiger partial charge in [-0.3, -0.25) is 9.71 Å². The summed E-state index contributed by atoms with van der Waals surface area (Å²) in [6.45, 7) is 0. The van der Waals surface area contributed by atoms with E-state index in [1.54, 1.807) is 42.6 Å². The number of halogens is 1. The van der Waals surface area contributed by atoms with Gasteiger partial charge in [0.05, 0.1) is 10.6 Å². The number of hydrogen-bond acceptors (Lipinski definition) is 3. The standard InChI is InChI=1S/C17H13BrN2O2S/c18-14-6-10-16(11-7-14)23(21,22)20-15-8-4-13(5-9-15)17-3-1-2-12-19-17/h1-12,20H. The van der Waals surface area contributed by atoms with Gasteiger partial charge in [-0.1, -0.05) is 34.1 Å². The molecule has 0 saturated heterocycles. The first-order chi connectivity index (χ1) is 11.0. The molecule has 3 aromatic rings. The molecule has 1 heterocycles. The minimum absolute atomic E-state index is 0.217. The highest BCUT2D eigenvalue weighted by Gasteiger charge is 2.13. The van der Waals surface area contributed by atoms with Crippen LogP contribution < -0.4 is 4.72 Å². The van der Waals surface area contributed by atoms with Gasteiger partial charge in [0.15, 0.2) is 0 Å². The van der Waals surface area contributed by atoms with Crippen molar-refractivity contribution < 1.29 is 8.42 Å². The van der Waals surface area contributed by atoms with E-state index in [1.807, 2.05) is 30.3 Å². The van der Waals surface area contributed by atoms with Crippen LogP contribution in [0.1, 0.15) is 0 Å². The number of nitrogens with one attached hydrogen (secondary N) is 1. The fraction of sp³-hybridized carbons (Fsp3) is 0. The van der Waals surface area contributed by atoms with Crippen LogP contribution in [0.4, 0.5) is 5.69 Å². The zero-order valence-corrected chi connectivity index (χ0v) is 14.4. The fourth-order valence-electron chi connectivity index (χ4n) is 2.07. The molecule has 0 fully saturated rings. The Morgan fingerprint density at radius 2 is 1.57 bits per heavy atom. The summed E-state index contributed by atoms with van der Waals surface area (Å²) in [6, 6.07) is 19.3. The lowest BCUT2D eigenvalue weighted by atomic mass is 10.1. The number of sulfonamides is 1. The van der Waals surface area contributed by atoms with Crippen molar-refractivity contribution >= 4 is 31.6 Å². The first-order valence-corrected chi connectivity index (χ1v) is 9.12. The molecule has 0 saturated carbocycles. The van der Waals surface area contributed by atoms with Gasteiger partial charge in [0.1, 0.15) is 0 Å². The highest BCUT2D eigenvalue weighted by molar-refractivity contribution is 9.10. The van der Waals surface area contributed by atoms with E-state index >= 15 is 0 Å². The normalized spacial score (nSPS) is 11.2. The van der Waals surface area contributed by atoms with Crippen molar-refractivity contribution in [3.63, 3.8) is 0 Å². The Kier molecular flexibility index (Phi) is 4.45. The monoisotopic (exact) mass is 388 g/mol. The molecular weight excluding hydrogens is 376 g/mol. The Bertz CT molecular complexity index is 894. The number of pyridine rings is 1. The lowest BCUT2D eigenvalue weighted by Crippen LogP contribution is -2.12. The van der Waals surface area contributed by atoms with Gasteiger partial charge in [0.2, 0.25) is 0 Å². The maximum atomic E-state index is 12.3. The van der Waals surface area contributed by atoms with Crippen LogP contribution in [0.3, 0.4) is 0 Å². The molecule has 0 aliphatic rings. The molecular formula is C17H13BrN2O2S. The van der Waals surface area contributed by atoms with E-state index in [9.17, 15) is 8.42 Å². The van der Waals surface area contributed by atoms with Crippen molar-refractivity contribution in [2.45, 2.75) is 4.90 Å². The number of benzene rings is 2. The average molecular weight is 389 g/mol. The van der Waals surface area contributed by atoms with Gasteiger partial charge in [-0.05, 0) is 48.5 Å². The van der Waals surface area contributed by atoms with Crippen molar-refractivity contribution in [2.75, 3.05) is 4.72 Å². The Hall–Kier alpha value is -2.18. The largest absolute Gasteiger partial charge is 0.280 e. The summed E-state index contributed by atoms with van der Waals surface area (Å²) in [4.78, 5) is 4.48. The van der Waals surface area contributed by atoms with Gasteiger partial charge in [0.25, 0.3) is 10.0 Å². The molecule has 0 aliphatic heterocycles. The van der Waals surface area contributed by atoms with Crippen molar-refractivity contribution in [1.29, 1.82) is 0 Å². The summed E-state index contributed by atoms with van der Waals surface area (Å²) >= 11 is 3.29. The quantitative estimate of drug-likeness (QED) is 0.723. The highest BCUT2D eigenvalue weighted by Crippen LogP contribution is 2.22. The molecule has 0 spiro atoms. The molecule has 1 N–H and O–H groups in total. The van der Waals surface area contributed by atoms with E-state index < -0.39 is 10.0 Å². The third kappa shape index (κ3) is 3.78. The Balaban J connectivity index is 1.82. The lowest BCUT2D eigenvalue weighted by Gasteiger charge is -2.09. The second-order valence-electron chi connectivity index (χ2n) is 4.85. The molecule has 1 aromatic heterocycles. The van der Waals surface area contributed by atoms with Crippen LogP contribution in [0, 0.1) is 0 Å². The minimum atomic E-state index is -3.59. The van der Waals surface area contributed by atoms with Crippen LogP contribution in [0.25, 0.3) is 11.3 Å². The Morgan fingerprint density at radius 1 is 0.870 bits per heavy atom. The number of hydrogen-bond donors (Lipinski definition) is 1. The van der Waals surface area contributed by atoms with Gasteiger partial charge in [0, 0.05) is 21.9 Å². The molecule has 116 valence electrons. The minimum Gasteiger partial charge on any atom is -0.280 e. The molecule has 0 atom stereocenters. The predicted molar refractivity (Wildman–Crippen MR) is 94.6 cm³/mol. The lowest BCUT2D eigenvalue weighted by molar-refractivity contribution is 0.601. The van der Waals surface area contributed by atoms with E-state index in [-0.39, 0.29) is 4.90 Å². The van der Waals surface area contributed by atoms with Crippen LogP contribution in [0.5, 0.6) is 0 Å². The number of anilines is 1. The molecule has 2 aromatic carbocycles. The SMILES string of the molecule is O=S(=O)(Nc1ccc(-c2ccccn2)cc1)c1ccc(Br)cc1. The number of rotatable bonds is 4. The topological polar surface area (TPSA) is 59.1 Å². The molecule has 0 unspecified atom stereocenters. The van der Waals surface area contributed by atoms with Crippen LogP contribution in [0.2, 0.25) is 0 Å². The first kappa shape index (κ1) is 15.7. The van der Waals surface area contributed by atoms with E-state index in [0.717, 1.165) is 15.7 Å².